The minimum atomic E-state index is -3.92. The molecule has 2 rings (SSSR count). The van der Waals surface area contributed by atoms with Crippen LogP contribution >= 0.6 is 0 Å². The lowest BCUT2D eigenvalue weighted by atomic mass is 10.1. The first kappa shape index (κ1) is 17.8. The van der Waals surface area contributed by atoms with E-state index in [-0.39, 0.29) is 6.42 Å². The number of methoxy groups -OCH3 is 1. The van der Waals surface area contributed by atoms with E-state index in [1.807, 2.05) is 24.3 Å². The molecule has 0 bridgehead atoms. The number of amides is 1. The van der Waals surface area contributed by atoms with Crippen LogP contribution in [0.2, 0.25) is 0 Å². The van der Waals surface area contributed by atoms with E-state index in [1.54, 1.807) is 37.4 Å². The van der Waals surface area contributed by atoms with Crippen molar-refractivity contribution in [2.45, 2.75) is 12.8 Å². The van der Waals surface area contributed by atoms with Gasteiger partial charge in [0.2, 0.25) is 5.91 Å². The van der Waals surface area contributed by atoms with Crippen molar-refractivity contribution in [1.29, 1.82) is 0 Å². The molecule has 0 heterocycles. The second-order valence-electron chi connectivity index (χ2n) is 5.18. The topological polar surface area (TPSA) is 75.7 Å². The third kappa shape index (κ3) is 4.73. The van der Waals surface area contributed by atoms with E-state index in [0.29, 0.717) is 17.9 Å². The largest absolute Gasteiger partial charge is 0.497 e. The van der Waals surface area contributed by atoms with Crippen molar-refractivity contribution in [3.63, 3.8) is 0 Å². The number of carbonyl (C=O) groups is 1. The Kier molecular flexibility index (Phi) is 5.81. The Morgan fingerprint density at radius 1 is 1.12 bits per heavy atom. The molecular formula is C17H20N2O4S. The number of para-hydroxylation sites is 1. The standard InChI is InChI=1S/C17H20N2O4S/c1-19(15-8-4-3-5-9-15)24(21,22)18-17(20)12-11-14-7-6-10-16(13-14)23-2/h3-10,13H,11-12H2,1-2H3,(H,18,20). The summed E-state index contributed by atoms with van der Waals surface area (Å²) in [6, 6.07) is 15.9. The SMILES string of the molecule is COc1cccc(CCC(=O)NS(=O)(=O)N(C)c2ccccc2)c1. The maximum Gasteiger partial charge on any atom is 0.325 e. The fourth-order valence-electron chi connectivity index (χ4n) is 2.13. The molecule has 0 aliphatic carbocycles. The number of nitrogens with zero attached hydrogens (tertiary/aromatic N) is 1. The fraction of sp³-hybridized carbons (Fsp3) is 0.235. The van der Waals surface area contributed by atoms with E-state index >= 15 is 0 Å². The van der Waals surface area contributed by atoms with Crippen molar-refractivity contribution in [3.8, 4) is 5.75 Å². The van der Waals surface area contributed by atoms with Crippen LogP contribution in [0.3, 0.4) is 0 Å². The highest BCUT2D eigenvalue weighted by molar-refractivity contribution is 7.91. The van der Waals surface area contributed by atoms with Gasteiger partial charge in [0.1, 0.15) is 5.75 Å². The molecule has 1 amide bonds. The van der Waals surface area contributed by atoms with Gasteiger partial charge in [0.15, 0.2) is 0 Å². The predicted octanol–water partition coefficient (Wildman–Crippen LogP) is 2.13. The molecule has 0 aliphatic heterocycles. The summed E-state index contributed by atoms with van der Waals surface area (Å²) < 4.78 is 32.7. The van der Waals surface area contributed by atoms with Gasteiger partial charge in [0, 0.05) is 13.5 Å². The number of anilines is 1. The fourth-order valence-corrected chi connectivity index (χ4v) is 3.05. The maximum atomic E-state index is 12.2. The number of ether oxygens (including phenoxy) is 1. The summed E-state index contributed by atoms with van der Waals surface area (Å²) >= 11 is 0. The molecule has 0 aromatic heterocycles. The minimum Gasteiger partial charge on any atom is -0.497 e. The molecule has 6 nitrogen and oxygen atoms in total. The molecule has 0 atom stereocenters. The van der Waals surface area contributed by atoms with Gasteiger partial charge < -0.3 is 4.74 Å². The van der Waals surface area contributed by atoms with Crippen LogP contribution in [-0.2, 0) is 21.4 Å². The quantitative estimate of drug-likeness (QED) is 0.832. The summed E-state index contributed by atoms with van der Waals surface area (Å²) in [5.74, 6) is 0.143. The molecule has 2 aromatic rings. The van der Waals surface area contributed by atoms with Crippen LogP contribution in [0.15, 0.2) is 54.6 Å². The van der Waals surface area contributed by atoms with Crippen molar-refractivity contribution in [2.75, 3.05) is 18.5 Å². The van der Waals surface area contributed by atoms with Gasteiger partial charge in [-0.1, -0.05) is 30.3 Å². The van der Waals surface area contributed by atoms with Gasteiger partial charge in [0.25, 0.3) is 0 Å². The average Bonchev–Trinajstić information content (AvgIpc) is 2.60. The summed E-state index contributed by atoms with van der Waals surface area (Å²) in [6.07, 6.45) is 0.489. The third-order valence-corrected chi connectivity index (χ3v) is 4.92. The number of carbonyl (C=O) groups excluding carboxylic acids is 1. The van der Waals surface area contributed by atoms with Crippen LogP contribution in [0.1, 0.15) is 12.0 Å². The van der Waals surface area contributed by atoms with Gasteiger partial charge in [-0.2, -0.15) is 8.42 Å². The van der Waals surface area contributed by atoms with E-state index in [0.717, 1.165) is 9.87 Å². The average molecular weight is 348 g/mol. The third-order valence-electron chi connectivity index (χ3n) is 3.50. The Labute approximate surface area is 142 Å². The lowest BCUT2D eigenvalue weighted by Gasteiger charge is -2.19. The highest BCUT2D eigenvalue weighted by atomic mass is 32.2. The summed E-state index contributed by atoms with van der Waals surface area (Å²) in [6.45, 7) is 0. The molecule has 1 N–H and O–H groups in total. The molecule has 0 radical (unpaired) electrons. The normalized spacial score (nSPS) is 10.9. The Balaban J connectivity index is 1.95. The van der Waals surface area contributed by atoms with Crippen LogP contribution in [0.25, 0.3) is 0 Å². The number of nitrogens with one attached hydrogen (secondary N) is 1. The molecule has 7 heteroatoms. The van der Waals surface area contributed by atoms with E-state index in [9.17, 15) is 13.2 Å². The molecule has 128 valence electrons. The number of aryl methyl sites for hydroxylation is 1. The summed E-state index contributed by atoms with van der Waals surface area (Å²) in [5.41, 5.74) is 1.38. The lowest BCUT2D eigenvalue weighted by Crippen LogP contribution is -2.41. The highest BCUT2D eigenvalue weighted by Crippen LogP contribution is 2.15. The van der Waals surface area contributed by atoms with Crippen molar-refractivity contribution in [2.24, 2.45) is 0 Å². The zero-order valence-electron chi connectivity index (χ0n) is 13.6. The van der Waals surface area contributed by atoms with Gasteiger partial charge in [-0.3, -0.25) is 9.10 Å². The van der Waals surface area contributed by atoms with Crippen molar-refractivity contribution in [1.82, 2.24) is 4.72 Å². The van der Waals surface area contributed by atoms with E-state index in [1.165, 1.54) is 7.05 Å². The zero-order chi connectivity index (χ0) is 17.6. The number of hydrogen-bond acceptors (Lipinski definition) is 4. The summed E-state index contributed by atoms with van der Waals surface area (Å²) in [5, 5.41) is 0. The maximum absolute atomic E-state index is 12.2. The van der Waals surface area contributed by atoms with E-state index in [2.05, 4.69) is 4.72 Å². The van der Waals surface area contributed by atoms with Gasteiger partial charge in [-0.15, -0.1) is 0 Å². The second kappa shape index (κ2) is 7.83. The Morgan fingerprint density at radius 2 is 1.83 bits per heavy atom. The second-order valence-corrected chi connectivity index (χ2v) is 6.89. The van der Waals surface area contributed by atoms with E-state index < -0.39 is 16.1 Å². The van der Waals surface area contributed by atoms with Crippen LogP contribution in [-0.4, -0.2) is 28.5 Å². The van der Waals surface area contributed by atoms with Crippen LogP contribution in [0, 0.1) is 0 Å². The molecule has 0 spiro atoms. The van der Waals surface area contributed by atoms with Crippen molar-refractivity contribution < 1.29 is 17.9 Å². The highest BCUT2D eigenvalue weighted by Gasteiger charge is 2.20. The first-order chi connectivity index (χ1) is 11.4. The van der Waals surface area contributed by atoms with Crippen LogP contribution in [0.5, 0.6) is 5.75 Å². The van der Waals surface area contributed by atoms with Gasteiger partial charge in [-0.05, 0) is 36.2 Å². The van der Waals surface area contributed by atoms with Crippen molar-refractivity contribution in [3.05, 3.63) is 60.2 Å². The molecule has 24 heavy (non-hydrogen) atoms. The minimum absolute atomic E-state index is 0.0645. The van der Waals surface area contributed by atoms with Crippen molar-refractivity contribution >= 4 is 21.8 Å². The van der Waals surface area contributed by atoms with Gasteiger partial charge in [-0.25, -0.2) is 4.72 Å². The number of benzene rings is 2. The lowest BCUT2D eigenvalue weighted by molar-refractivity contribution is -0.119. The van der Waals surface area contributed by atoms with Crippen LogP contribution in [0.4, 0.5) is 5.69 Å². The first-order valence-electron chi connectivity index (χ1n) is 7.40. The Morgan fingerprint density at radius 3 is 2.50 bits per heavy atom. The molecular weight excluding hydrogens is 328 g/mol. The van der Waals surface area contributed by atoms with E-state index in [4.69, 9.17) is 4.74 Å². The number of hydrogen-bond donors (Lipinski definition) is 1. The predicted molar refractivity (Wildman–Crippen MR) is 93.2 cm³/mol. The summed E-state index contributed by atoms with van der Waals surface area (Å²) in [4.78, 5) is 12.0. The zero-order valence-corrected chi connectivity index (χ0v) is 14.4. The molecule has 0 saturated heterocycles. The smallest absolute Gasteiger partial charge is 0.325 e. The molecule has 0 aliphatic rings. The van der Waals surface area contributed by atoms with Gasteiger partial charge >= 0.3 is 10.2 Å². The summed E-state index contributed by atoms with van der Waals surface area (Å²) in [7, 11) is -0.958. The molecule has 0 saturated carbocycles. The van der Waals surface area contributed by atoms with Crippen LogP contribution < -0.4 is 13.8 Å². The molecule has 0 unspecified atom stereocenters. The molecule has 2 aromatic carbocycles. The monoisotopic (exact) mass is 348 g/mol. The van der Waals surface area contributed by atoms with Gasteiger partial charge in [0.05, 0.1) is 12.8 Å². The Bertz CT molecular complexity index is 791. The molecule has 0 fully saturated rings. The number of rotatable bonds is 7. The Hall–Kier alpha value is -2.54. The first-order valence-corrected chi connectivity index (χ1v) is 8.84.